The molecule has 4 rings (SSSR count). The Morgan fingerprint density at radius 1 is 1.25 bits per heavy atom. The highest BCUT2D eigenvalue weighted by Crippen LogP contribution is 2.26. The highest BCUT2D eigenvalue weighted by molar-refractivity contribution is 5.99. The fourth-order valence-electron chi connectivity index (χ4n) is 3.55. The standard InChI is InChI=1S/C20H21N5O3/c1-12-22-17-7-9-25(8-6-15(17)19(26)23-12)20(27)16-11-21-24-18(16)13-4-3-5-14(10-13)28-2/h3-5,10-11H,6-9H2,1-2H3,(H,21,24)(H,22,23,26). The van der Waals surface area contributed by atoms with E-state index in [1.807, 2.05) is 24.3 Å². The Balaban J connectivity index is 1.61. The summed E-state index contributed by atoms with van der Waals surface area (Å²) >= 11 is 0. The summed E-state index contributed by atoms with van der Waals surface area (Å²) in [5.41, 5.74) is 3.30. The van der Waals surface area contributed by atoms with E-state index in [9.17, 15) is 9.59 Å². The van der Waals surface area contributed by atoms with Crippen LogP contribution in [0.5, 0.6) is 5.75 Å². The number of aromatic amines is 2. The molecule has 144 valence electrons. The number of methoxy groups -OCH3 is 1. The molecule has 2 aromatic heterocycles. The monoisotopic (exact) mass is 379 g/mol. The van der Waals surface area contributed by atoms with E-state index in [2.05, 4.69) is 20.2 Å². The molecule has 28 heavy (non-hydrogen) atoms. The number of nitrogens with zero attached hydrogens (tertiary/aromatic N) is 3. The van der Waals surface area contributed by atoms with E-state index in [-0.39, 0.29) is 11.5 Å². The third kappa shape index (κ3) is 3.28. The van der Waals surface area contributed by atoms with Crippen LogP contribution in [0.4, 0.5) is 0 Å². The van der Waals surface area contributed by atoms with Gasteiger partial charge in [0.1, 0.15) is 11.6 Å². The minimum atomic E-state index is -0.118. The molecule has 0 fully saturated rings. The lowest BCUT2D eigenvalue weighted by Gasteiger charge is -2.20. The van der Waals surface area contributed by atoms with Crippen LogP contribution in [0.3, 0.4) is 0 Å². The second kappa shape index (κ2) is 7.30. The van der Waals surface area contributed by atoms with Gasteiger partial charge in [0.15, 0.2) is 0 Å². The molecule has 0 spiro atoms. The molecule has 8 nitrogen and oxygen atoms in total. The van der Waals surface area contributed by atoms with E-state index < -0.39 is 0 Å². The van der Waals surface area contributed by atoms with E-state index in [1.54, 1.807) is 25.1 Å². The second-order valence-corrected chi connectivity index (χ2v) is 6.76. The maximum atomic E-state index is 13.2. The number of aryl methyl sites for hydroxylation is 1. The SMILES string of the molecule is COc1cccc(-c2[nH]ncc2C(=O)N2CCc3nc(C)[nH]c(=O)c3CC2)c1. The molecule has 1 aromatic carbocycles. The van der Waals surface area contributed by atoms with Crippen LogP contribution in [0.1, 0.15) is 27.4 Å². The molecule has 0 saturated heterocycles. The van der Waals surface area contributed by atoms with Crippen LogP contribution in [0.25, 0.3) is 11.3 Å². The van der Waals surface area contributed by atoms with Crippen LogP contribution in [0, 0.1) is 6.92 Å². The number of carbonyl (C=O) groups excluding carboxylic acids is 1. The molecule has 1 amide bonds. The van der Waals surface area contributed by atoms with Crippen LogP contribution < -0.4 is 10.3 Å². The molecule has 0 radical (unpaired) electrons. The predicted molar refractivity (Wildman–Crippen MR) is 103 cm³/mol. The first-order chi connectivity index (χ1) is 13.6. The maximum Gasteiger partial charge on any atom is 0.257 e. The quantitative estimate of drug-likeness (QED) is 0.721. The molecule has 0 aliphatic carbocycles. The Labute approximate surface area is 161 Å². The number of benzene rings is 1. The van der Waals surface area contributed by atoms with E-state index in [0.717, 1.165) is 11.3 Å². The summed E-state index contributed by atoms with van der Waals surface area (Å²) in [6, 6.07) is 7.47. The van der Waals surface area contributed by atoms with Crippen LogP contribution in [-0.4, -0.2) is 51.2 Å². The van der Waals surface area contributed by atoms with Gasteiger partial charge in [0, 0.05) is 30.6 Å². The third-order valence-electron chi connectivity index (χ3n) is 4.99. The fraction of sp³-hybridized carbons (Fsp3) is 0.300. The van der Waals surface area contributed by atoms with Crippen molar-refractivity contribution in [3.63, 3.8) is 0 Å². The number of fused-ring (bicyclic) bond motifs is 1. The minimum Gasteiger partial charge on any atom is -0.497 e. The van der Waals surface area contributed by atoms with Crippen LogP contribution in [-0.2, 0) is 12.8 Å². The first-order valence-electron chi connectivity index (χ1n) is 9.12. The van der Waals surface area contributed by atoms with Crippen molar-refractivity contribution in [1.82, 2.24) is 25.1 Å². The number of aromatic nitrogens is 4. The molecule has 0 atom stereocenters. The largest absolute Gasteiger partial charge is 0.497 e. The Bertz CT molecular complexity index is 1090. The maximum absolute atomic E-state index is 13.2. The average Bonchev–Trinajstić information content (AvgIpc) is 3.08. The summed E-state index contributed by atoms with van der Waals surface area (Å²) in [4.78, 5) is 34.4. The Morgan fingerprint density at radius 3 is 2.89 bits per heavy atom. The Hall–Kier alpha value is -3.42. The van der Waals surface area contributed by atoms with Gasteiger partial charge < -0.3 is 14.6 Å². The minimum absolute atomic E-state index is 0.114. The topological polar surface area (TPSA) is 104 Å². The summed E-state index contributed by atoms with van der Waals surface area (Å²) < 4.78 is 5.27. The fourth-order valence-corrected chi connectivity index (χ4v) is 3.55. The molecule has 0 saturated carbocycles. The van der Waals surface area contributed by atoms with Crippen molar-refractivity contribution in [2.45, 2.75) is 19.8 Å². The predicted octanol–water partition coefficient (Wildman–Crippen LogP) is 1.72. The Morgan fingerprint density at radius 2 is 2.07 bits per heavy atom. The van der Waals surface area contributed by atoms with Crippen LogP contribution in [0.15, 0.2) is 35.3 Å². The van der Waals surface area contributed by atoms with Gasteiger partial charge in [-0.25, -0.2) is 4.98 Å². The zero-order valence-corrected chi connectivity index (χ0v) is 15.8. The van der Waals surface area contributed by atoms with Gasteiger partial charge in [-0.15, -0.1) is 0 Å². The molecule has 0 unspecified atom stereocenters. The number of carbonyl (C=O) groups is 1. The number of ether oxygens (including phenoxy) is 1. The molecule has 1 aliphatic rings. The molecular weight excluding hydrogens is 358 g/mol. The van der Waals surface area contributed by atoms with E-state index in [0.29, 0.717) is 54.3 Å². The summed E-state index contributed by atoms with van der Waals surface area (Å²) in [5.74, 6) is 1.18. The van der Waals surface area contributed by atoms with Crippen LogP contribution >= 0.6 is 0 Å². The van der Waals surface area contributed by atoms with Crippen molar-refractivity contribution >= 4 is 5.91 Å². The van der Waals surface area contributed by atoms with Gasteiger partial charge in [-0.3, -0.25) is 14.7 Å². The normalized spacial score (nSPS) is 13.7. The summed E-state index contributed by atoms with van der Waals surface area (Å²) in [7, 11) is 1.60. The van der Waals surface area contributed by atoms with E-state index >= 15 is 0 Å². The highest BCUT2D eigenvalue weighted by Gasteiger charge is 2.25. The lowest BCUT2D eigenvalue weighted by Crippen LogP contribution is -2.33. The molecule has 0 bridgehead atoms. The van der Waals surface area contributed by atoms with Gasteiger partial charge in [0.2, 0.25) is 0 Å². The molecule has 3 aromatic rings. The second-order valence-electron chi connectivity index (χ2n) is 6.76. The number of hydrogen-bond acceptors (Lipinski definition) is 5. The van der Waals surface area contributed by atoms with Crippen molar-refractivity contribution in [3.8, 4) is 17.0 Å². The number of H-pyrrole nitrogens is 2. The number of amides is 1. The van der Waals surface area contributed by atoms with E-state index in [1.165, 1.54) is 0 Å². The molecule has 1 aliphatic heterocycles. The van der Waals surface area contributed by atoms with Gasteiger partial charge in [-0.05, 0) is 25.5 Å². The Kier molecular flexibility index (Phi) is 4.68. The van der Waals surface area contributed by atoms with Crippen molar-refractivity contribution < 1.29 is 9.53 Å². The van der Waals surface area contributed by atoms with E-state index in [4.69, 9.17) is 4.74 Å². The van der Waals surface area contributed by atoms with Crippen molar-refractivity contribution in [3.05, 3.63) is 63.5 Å². The zero-order valence-electron chi connectivity index (χ0n) is 15.8. The summed E-state index contributed by atoms with van der Waals surface area (Å²) in [5, 5.41) is 7.00. The first-order valence-corrected chi connectivity index (χ1v) is 9.12. The molecule has 3 heterocycles. The van der Waals surface area contributed by atoms with Gasteiger partial charge >= 0.3 is 0 Å². The molecule has 8 heteroatoms. The molecular formula is C20H21N5O3. The van der Waals surface area contributed by atoms with Gasteiger partial charge in [-0.1, -0.05) is 12.1 Å². The van der Waals surface area contributed by atoms with Crippen molar-refractivity contribution in [1.29, 1.82) is 0 Å². The van der Waals surface area contributed by atoms with Crippen molar-refractivity contribution in [2.24, 2.45) is 0 Å². The average molecular weight is 379 g/mol. The van der Waals surface area contributed by atoms with Gasteiger partial charge in [0.25, 0.3) is 11.5 Å². The lowest BCUT2D eigenvalue weighted by atomic mass is 10.1. The number of rotatable bonds is 3. The lowest BCUT2D eigenvalue weighted by molar-refractivity contribution is 0.0763. The number of hydrogen-bond donors (Lipinski definition) is 2. The highest BCUT2D eigenvalue weighted by atomic mass is 16.5. The van der Waals surface area contributed by atoms with Gasteiger partial charge in [0.05, 0.1) is 30.3 Å². The third-order valence-corrected chi connectivity index (χ3v) is 4.99. The van der Waals surface area contributed by atoms with Crippen LogP contribution in [0.2, 0.25) is 0 Å². The first kappa shape index (κ1) is 18.0. The van der Waals surface area contributed by atoms with Crippen molar-refractivity contribution in [2.75, 3.05) is 20.2 Å². The molecule has 2 N–H and O–H groups in total. The zero-order chi connectivity index (χ0) is 19.7. The smallest absolute Gasteiger partial charge is 0.257 e. The number of nitrogens with one attached hydrogen (secondary N) is 2. The summed E-state index contributed by atoms with van der Waals surface area (Å²) in [6.07, 6.45) is 2.58. The summed E-state index contributed by atoms with van der Waals surface area (Å²) in [6.45, 7) is 2.73. The van der Waals surface area contributed by atoms with Gasteiger partial charge in [-0.2, -0.15) is 5.10 Å².